The Bertz CT molecular complexity index is 849. The van der Waals surface area contributed by atoms with E-state index in [0.717, 1.165) is 30.7 Å². The van der Waals surface area contributed by atoms with E-state index in [2.05, 4.69) is 25.7 Å². The molecule has 1 saturated heterocycles. The standard InChI is InChI=1S/C20H32N4O3/c1-6-27-18(25)14-8-7-11-23(12-14)16-10-9-15-17(21-16)22(5)19(26)24(15)13-20(2,3)4/h9-10,14,18,25H,6-8,11-13H2,1-5H3. The van der Waals surface area contributed by atoms with Gasteiger partial charge in [-0.05, 0) is 37.3 Å². The lowest BCUT2D eigenvalue weighted by atomic mass is 9.97. The third-order valence-corrected chi connectivity index (χ3v) is 5.12. The molecule has 0 aromatic carbocycles. The quantitative estimate of drug-likeness (QED) is 0.811. The van der Waals surface area contributed by atoms with Crippen LogP contribution in [0.2, 0.25) is 0 Å². The third-order valence-electron chi connectivity index (χ3n) is 5.12. The lowest BCUT2D eigenvalue weighted by Crippen LogP contribution is -2.41. The fourth-order valence-corrected chi connectivity index (χ4v) is 3.82. The Kier molecular flexibility index (Phi) is 5.63. The van der Waals surface area contributed by atoms with E-state index in [4.69, 9.17) is 9.72 Å². The first-order valence-corrected chi connectivity index (χ1v) is 9.82. The summed E-state index contributed by atoms with van der Waals surface area (Å²) in [6.07, 6.45) is 1.19. The number of hydrogen-bond acceptors (Lipinski definition) is 5. The summed E-state index contributed by atoms with van der Waals surface area (Å²) in [7, 11) is 1.78. The summed E-state index contributed by atoms with van der Waals surface area (Å²) in [5.74, 6) is 0.921. The fourth-order valence-electron chi connectivity index (χ4n) is 3.82. The second-order valence-electron chi connectivity index (χ2n) is 8.69. The summed E-state index contributed by atoms with van der Waals surface area (Å²) in [4.78, 5) is 19.7. The van der Waals surface area contributed by atoms with Gasteiger partial charge in [0, 0.05) is 39.2 Å². The molecule has 0 spiro atoms. The predicted molar refractivity (Wildman–Crippen MR) is 107 cm³/mol. The number of anilines is 1. The molecule has 0 aliphatic carbocycles. The van der Waals surface area contributed by atoms with Crippen LogP contribution in [0, 0.1) is 11.3 Å². The highest BCUT2D eigenvalue weighted by atomic mass is 16.6. The molecular formula is C20H32N4O3. The van der Waals surface area contributed by atoms with Gasteiger partial charge in [-0.15, -0.1) is 0 Å². The molecule has 3 rings (SSSR count). The van der Waals surface area contributed by atoms with Crippen molar-refractivity contribution in [1.29, 1.82) is 0 Å². The number of fused-ring (bicyclic) bond motifs is 1. The summed E-state index contributed by atoms with van der Waals surface area (Å²) >= 11 is 0. The van der Waals surface area contributed by atoms with Crippen molar-refractivity contribution in [1.82, 2.24) is 14.1 Å². The molecule has 2 unspecified atom stereocenters. The maximum absolute atomic E-state index is 12.7. The van der Waals surface area contributed by atoms with Gasteiger partial charge in [0.25, 0.3) is 0 Å². The highest BCUT2D eigenvalue weighted by Crippen LogP contribution is 2.26. The number of aliphatic hydroxyl groups excluding tert-OH is 1. The number of ether oxygens (including phenoxy) is 1. The van der Waals surface area contributed by atoms with E-state index in [0.29, 0.717) is 25.3 Å². The first-order chi connectivity index (χ1) is 12.7. The average molecular weight is 377 g/mol. The molecule has 0 saturated carbocycles. The predicted octanol–water partition coefficient (Wildman–Crippen LogP) is 2.35. The van der Waals surface area contributed by atoms with E-state index < -0.39 is 6.29 Å². The van der Waals surface area contributed by atoms with Gasteiger partial charge >= 0.3 is 5.69 Å². The lowest BCUT2D eigenvalue weighted by Gasteiger charge is -2.35. The van der Waals surface area contributed by atoms with E-state index in [9.17, 15) is 9.90 Å². The molecule has 2 atom stereocenters. The Morgan fingerprint density at radius 2 is 2.11 bits per heavy atom. The maximum Gasteiger partial charge on any atom is 0.330 e. The molecular weight excluding hydrogens is 344 g/mol. The molecule has 1 aliphatic heterocycles. The maximum atomic E-state index is 12.7. The van der Waals surface area contributed by atoms with Crippen LogP contribution < -0.4 is 10.6 Å². The van der Waals surface area contributed by atoms with Crippen LogP contribution in [0.1, 0.15) is 40.5 Å². The van der Waals surface area contributed by atoms with E-state index in [-0.39, 0.29) is 17.0 Å². The molecule has 1 fully saturated rings. The average Bonchev–Trinajstić information content (AvgIpc) is 2.85. The minimum absolute atomic E-state index is 0.00624. The highest BCUT2D eigenvalue weighted by molar-refractivity contribution is 5.74. The number of pyridine rings is 1. The zero-order chi connectivity index (χ0) is 19.8. The number of aliphatic hydroxyl groups is 1. The van der Waals surface area contributed by atoms with E-state index in [1.807, 2.05) is 23.6 Å². The summed E-state index contributed by atoms with van der Waals surface area (Å²) in [6.45, 7) is 11.0. The summed E-state index contributed by atoms with van der Waals surface area (Å²) in [5, 5.41) is 10.2. The van der Waals surface area contributed by atoms with Crippen LogP contribution in [-0.4, -0.2) is 45.2 Å². The van der Waals surface area contributed by atoms with Crippen molar-refractivity contribution in [3.63, 3.8) is 0 Å². The van der Waals surface area contributed by atoms with Crippen molar-refractivity contribution in [3.8, 4) is 0 Å². The number of rotatable bonds is 5. The number of imidazole rings is 1. The van der Waals surface area contributed by atoms with Crippen LogP contribution in [0.3, 0.4) is 0 Å². The molecule has 0 radical (unpaired) electrons. The third kappa shape index (κ3) is 4.19. The Hall–Kier alpha value is -1.86. The highest BCUT2D eigenvalue weighted by Gasteiger charge is 2.27. The van der Waals surface area contributed by atoms with Crippen LogP contribution in [0.25, 0.3) is 11.2 Å². The Morgan fingerprint density at radius 3 is 2.78 bits per heavy atom. The summed E-state index contributed by atoms with van der Waals surface area (Å²) in [6, 6.07) is 3.98. The zero-order valence-corrected chi connectivity index (χ0v) is 17.1. The summed E-state index contributed by atoms with van der Waals surface area (Å²) < 4.78 is 8.82. The Balaban J connectivity index is 1.91. The largest absolute Gasteiger partial charge is 0.368 e. The Labute approximate surface area is 160 Å². The van der Waals surface area contributed by atoms with Gasteiger partial charge in [0.15, 0.2) is 11.9 Å². The molecule has 1 N–H and O–H groups in total. The molecule has 1 aliphatic rings. The van der Waals surface area contributed by atoms with Crippen molar-refractivity contribution in [2.24, 2.45) is 18.4 Å². The van der Waals surface area contributed by atoms with Crippen molar-refractivity contribution in [2.45, 2.75) is 53.4 Å². The minimum atomic E-state index is -0.737. The van der Waals surface area contributed by atoms with Crippen molar-refractivity contribution in [2.75, 3.05) is 24.6 Å². The monoisotopic (exact) mass is 376 g/mol. The summed E-state index contributed by atoms with van der Waals surface area (Å²) in [5.41, 5.74) is 1.54. The van der Waals surface area contributed by atoms with Gasteiger partial charge in [-0.2, -0.15) is 0 Å². The van der Waals surface area contributed by atoms with Gasteiger partial charge < -0.3 is 14.7 Å². The van der Waals surface area contributed by atoms with Gasteiger partial charge in [-0.1, -0.05) is 20.8 Å². The zero-order valence-electron chi connectivity index (χ0n) is 17.1. The van der Waals surface area contributed by atoms with Gasteiger partial charge in [-0.25, -0.2) is 9.78 Å². The smallest absolute Gasteiger partial charge is 0.330 e. The minimum Gasteiger partial charge on any atom is -0.368 e. The van der Waals surface area contributed by atoms with Crippen LogP contribution in [-0.2, 0) is 18.3 Å². The molecule has 0 bridgehead atoms. The second kappa shape index (κ2) is 7.64. The van der Waals surface area contributed by atoms with Gasteiger partial charge in [0.05, 0.1) is 5.52 Å². The second-order valence-corrected chi connectivity index (χ2v) is 8.69. The van der Waals surface area contributed by atoms with Gasteiger partial charge in [-0.3, -0.25) is 9.13 Å². The number of aromatic nitrogens is 3. The van der Waals surface area contributed by atoms with Gasteiger partial charge in [0.1, 0.15) is 5.82 Å². The number of piperidine rings is 1. The SMILES string of the molecule is CCOC(O)C1CCCN(c2ccc3c(n2)n(C)c(=O)n3CC(C)(C)C)C1. The van der Waals surface area contributed by atoms with Gasteiger partial charge in [0.2, 0.25) is 0 Å². The van der Waals surface area contributed by atoms with Crippen LogP contribution in [0.5, 0.6) is 0 Å². The first-order valence-electron chi connectivity index (χ1n) is 9.82. The van der Waals surface area contributed by atoms with E-state index >= 15 is 0 Å². The molecule has 150 valence electrons. The molecule has 27 heavy (non-hydrogen) atoms. The van der Waals surface area contributed by atoms with Crippen molar-refractivity contribution < 1.29 is 9.84 Å². The molecule has 0 amide bonds. The Morgan fingerprint density at radius 1 is 1.37 bits per heavy atom. The van der Waals surface area contributed by atoms with Crippen LogP contribution in [0.15, 0.2) is 16.9 Å². The van der Waals surface area contributed by atoms with E-state index in [1.54, 1.807) is 11.6 Å². The molecule has 3 heterocycles. The first kappa shape index (κ1) is 19.9. The van der Waals surface area contributed by atoms with E-state index in [1.165, 1.54) is 0 Å². The lowest BCUT2D eigenvalue weighted by molar-refractivity contribution is -0.132. The van der Waals surface area contributed by atoms with Crippen LogP contribution in [0.4, 0.5) is 5.82 Å². The fraction of sp³-hybridized carbons (Fsp3) is 0.700. The molecule has 7 nitrogen and oxygen atoms in total. The molecule has 2 aromatic rings. The van der Waals surface area contributed by atoms with Crippen molar-refractivity contribution >= 4 is 17.0 Å². The number of hydrogen-bond donors (Lipinski definition) is 1. The van der Waals surface area contributed by atoms with Crippen LogP contribution >= 0.6 is 0 Å². The molecule has 7 heteroatoms. The number of aryl methyl sites for hydroxylation is 1. The topological polar surface area (TPSA) is 72.5 Å². The number of nitrogens with zero attached hydrogens (tertiary/aromatic N) is 4. The molecule has 2 aromatic heterocycles. The van der Waals surface area contributed by atoms with Crippen molar-refractivity contribution in [3.05, 3.63) is 22.6 Å². The normalized spacial score (nSPS) is 19.6.